The van der Waals surface area contributed by atoms with E-state index in [2.05, 4.69) is 10.6 Å². The number of ether oxygens (including phenoxy) is 1. The summed E-state index contributed by atoms with van der Waals surface area (Å²) in [6.45, 7) is 5.78. The summed E-state index contributed by atoms with van der Waals surface area (Å²) in [5.41, 5.74) is -0.416. The summed E-state index contributed by atoms with van der Waals surface area (Å²) in [7, 11) is 0. The molecule has 0 aromatic heterocycles. The van der Waals surface area contributed by atoms with E-state index in [0.29, 0.717) is 5.75 Å². The van der Waals surface area contributed by atoms with Gasteiger partial charge in [0.25, 0.3) is 0 Å². The van der Waals surface area contributed by atoms with E-state index in [-0.39, 0.29) is 13.2 Å². The third kappa shape index (κ3) is 5.85. The van der Waals surface area contributed by atoms with Gasteiger partial charge in [0.05, 0.1) is 11.8 Å². The second kappa shape index (κ2) is 6.72. The van der Waals surface area contributed by atoms with Gasteiger partial charge in [0, 0.05) is 5.54 Å². The number of nitroso groups, excluding NO2 is 1. The van der Waals surface area contributed by atoms with E-state index in [0.717, 1.165) is 5.01 Å². The van der Waals surface area contributed by atoms with Crippen molar-refractivity contribution in [2.75, 3.05) is 13.2 Å². The molecule has 0 aliphatic heterocycles. The van der Waals surface area contributed by atoms with Crippen LogP contribution in [0.1, 0.15) is 20.8 Å². The van der Waals surface area contributed by atoms with Crippen LogP contribution in [-0.2, 0) is 0 Å². The number of benzene rings is 1. The average Bonchev–Trinajstić information content (AvgIpc) is 2.33. The first kappa shape index (κ1) is 14.9. The van der Waals surface area contributed by atoms with Crippen LogP contribution in [0.3, 0.4) is 0 Å². The van der Waals surface area contributed by atoms with E-state index in [1.54, 1.807) is 12.1 Å². The topological polar surface area (TPSA) is 71.0 Å². The zero-order valence-electron chi connectivity index (χ0n) is 11.4. The zero-order valence-corrected chi connectivity index (χ0v) is 11.4. The molecular formula is C13H19N3O3. The first-order valence-electron chi connectivity index (χ1n) is 6.03. The lowest BCUT2D eigenvalue weighted by Gasteiger charge is -2.23. The van der Waals surface area contributed by atoms with Crippen molar-refractivity contribution in [3.8, 4) is 5.75 Å². The number of amides is 2. The van der Waals surface area contributed by atoms with Crippen molar-refractivity contribution in [3.63, 3.8) is 0 Å². The summed E-state index contributed by atoms with van der Waals surface area (Å²) in [5.74, 6) is 0.685. The zero-order chi connectivity index (χ0) is 14.3. The fourth-order valence-electron chi connectivity index (χ4n) is 1.33. The maximum Gasteiger partial charge on any atom is 0.340 e. The molecule has 6 nitrogen and oxygen atoms in total. The number of rotatable bonds is 5. The van der Waals surface area contributed by atoms with Crippen molar-refractivity contribution in [1.29, 1.82) is 0 Å². The number of nitrogens with zero attached hydrogens (tertiary/aromatic N) is 2. The molecule has 1 N–H and O–H groups in total. The van der Waals surface area contributed by atoms with Gasteiger partial charge in [-0.2, -0.15) is 5.01 Å². The van der Waals surface area contributed by atoms with Crippen molar-refractivity contribution in [1.82, 2.24) is 10.3 Å². The Kier molecular flexibility index (Phi) is 5.29. The third-order valence-corrected chi connectivity index (χ3v) is 2.13. The highest BCUT2D eigenvalue weighted by Crippen LogP contribution is 2.08. The quantitative estimate of drug-likeness (QED) is 0.657. The number of hydrogen-bond acceptors (Lipinski definition) is 4. The number of carbonyl (C=O) groups excluding carboxylic acids is 1. The van der Waals surface area contributed by atoms with E-state index in [1.807, 2.05) is 39.0 Å². The molecule has 0 radical (unpaired) electrons. The molecule has 0 spiro atoms. The van der Waals surface area contributed by atoms with E-state index in [1.165, 1.54) is 0 Å². The summed E-state index contributed by atoms with van der Waals surface area (Å²) in [6, 6.07) is 8.64. The summed E-state index contributed by atoms with van der Waals surface area (Å²) >= 11 is 0. The first-order chi connectivity index (χ1) is 8.92. The number of carbonyl (C=O) groups is 1. The maximum atomic E-state index is 11.7. The third-order valence-electron chi connectivity index (χ3n) is 2.13. The lowest BCUT2D eigenvalue weighted by atomic mass is 10.1. The highest BCUT2D eigenvalue weighted by molar-refractivity contribution is 5.74. The van der Waals surface area contributed by atoms with Crippen LogP contribution in [0.15, 0.2) is 35.6 Å². The second-order valence-corrected chi connectivity index (χ2v) is 5.05. The van der Waals surface area contributed by atoms with Gasteiger partial charge in [0.2, 0.25) is 0 Å². The summed E-state index contributed by atoms with van der Waals surface area (Å²) in [6.07, 6.45) is 0. The average molecular weight is 265 g/mol. The van der Waals surface area contributed by atoms with Gasteiger partial charge in [0.1, 0.15) is 12.4 Å². The Labute approximate surface area is 112 Å². The largest absolute Gasteiger partial charge is 0.492 e. The Morgan fingerprint density at radius 1 is 1.32 bits per heavy atom. The van der Waals surface area contributed by atoms with Crippen LogP contribution in [-0.4, -0.2) is 29.7 Å². The van der Waals surface area contributed by atoms with Crippen LogP contribution in [0.2, 0.25) is 0 Å². The first-order valence-corrected chi connectivity index (χ1v) is 6.03. The number of urea groups is 1. The van der Waals surface area contributed by atoms with Gasteiger partial charge in [-0.25, -0.2) is 4.79 Å². The molecule has 1 aromatic carbocycles. The van der Waals surface area contributed by atoms with Gasteiger partial charge in [-0.1, -0.05) is 18.2 Å². The van der Waals surface area contributed by atoms with Crippen LogP contribution >= 0.6 is 0 Å². The highest BCUT2D eigenvalue weighted by atomic mass is 16.5. The summed E-state index contributed by atoms with van der Waals surface area (Å²) in [5, 5.41) is 6.16. The van der Waals surface area contributed by atoms with Crippen LogP contribution in [0.4, 0.5) is 4.79 Å². The van der Waals surface area contributed by atoms with Gasteiger partial charge in [0.15, 0.2) is 0 Å². The molecule has 0 unspecified atom stereocenters. The number of para-hydroxylation sites is 1. The summed E-state index contributed by atoms with van der Waals surface area (Å²) < 4.78 is 5.40. The van der Waals surface area contributed by atoms with Crippen LogP contribution in [0.5, 0.6) is 5.75 Å². The Morgan fingerprint density at radius 3 is 2.47 bits per heavy atom. The number of nitrogens with one attached hydrogen (secondary N) is 1. The Bertz CT molecular complexity index is 415. The SMILES string of the molecule is CC(C)(C)NC(=O)N(CCOc1ccccc1)N=O. The molecule has 0 bridgehead atoms. The number of hydrogen-bond donors (Lipinski definition) is 1. The van der Waals surface area contributed by atoms with E-state index >= 15 is 0 Å². The van der Waals surface area contributed by atoms with Crippen molar-refractivity contribution in [2.45, 2.75) is 26.3 Å². The van der Waals surface area contributed by atoms with Crippen LogP contribution < -0.4 is 10.1 Å². The minimum Gasteiger partial charge on any atom is -0.492 e. The predicted octanol–water partition coefficient (Wildman–Crippen LogP) is 2.56. The molecule has 1 rings (SSSR count). The highest BCUT2D eigenvalue weighted by Gasteiger charge is 2.20. The van der Waals surface area contributed by atoms with E-state index < -0.39 is 11.6 Å². The van der Waals surface area contributed by atoms with Crippen molar-refractivity contribution in [2.24, 2.45) is 5.29 Å². The smallest absolute Gasteiger partial charge is 0.340 e. The van der Waals surface area contributed by atoms with Gasteiger partial charge < -0.3 is 10.1 Å². The van der Waals surface area contributed by atoms with E-state index in [4.69, 9.17) is 4.74 Å². The predicted molar refractivity (Wildman–Crippen MR) is 72.7 cm³/mol. The Balaban J connectivity index is 2.41. The molecule has 0 heterocycles. The van der Waals surface area contributed by atoms with E-state index in [9.17, 15) is 9.70 Å². The molecule has 6 heteroatoms. The van der Waals surface area contributed by atoms with Crippen molar-refractivity contribution in [3.05, 3.63) is 35.2 Å². The van der Waals surface area contributed by atoms with Gasteiger partial charge in [-0.3, -0.25) is 0 Å². The van der Waals surface area contributed by atoms with Gasteiger partial charge in [-0.15, -0.1) is 4.91 Å². The lowest BCUT2D eigenvalue weighted by molar-refractivity contribution is 0.176. The van der Waals surface area contributed by atoms with Gasteiger partial charge in [-0.05, 0) is 32.9 Å². The fraction of sp³-hybridized carbons (Fsp3) is 0.462. The molecule has 19 heavy (non-hydrogen) atoms. The summed E-state index contributed by atoms with van der Waals surface area (Å²) in [4.78, 5) is 22.3. The molecule has 1 aromatic rings. The minimum atomic E-state index is -0.529. The molecule has 0 saturated carbocycles. The fourth-order valence-corrected chi connectivity index (χ4v) is 1.33. The molecule has 0 aliphatic rings. The normalized spacial score (nSPS) is 10.7. The molecular weight excluding hydrogens is 246 g/mol. The molecule has 0 fully saturated rings. The van der Waals surface area contributed by atoms with Crippen LogP contribution in [0, 0.1) is 4.91 Å². The van der Waals surface area contributed by atoms with Crippen molar-refractivity contribution < 1.29 is 9.53 Å². The molecule has 2 amide bonds. The van der Waals surface area contributed by atoms with Gasteiger partial charge >= 0.3 is 6.03 Å². The standard InChI is InChI=1S/C13H19N3O3/c1-13(2,3)14-12(17)16(15-18)9-10-19-11-7-5-4-6-8-11/h4-8H,9-10H2,1-3H3,(H,14,17). The molecule has 0 saturated heterocycles. The van der Waals surface area contributed by atoms with Crippen molar-refractivity contribution >= 4 is 6.03 Å². The second-order valence-electron chi connectivity index (χ2n) is 5.05. The molecule has 104 valence electrons. The maximum absolute atomic E-state index is 11.7. The monoisotopic (exact) mass is 265 g/mol. The minimum absolute atomic E-state index is 0.0975. The lowest BCUT2D eigenvalue weighted by Crippen LogP contribution is -2.47. The Hall–Kier alpha value is -2.11. The molecule has 0 atom stereocenters. The Morgan fingerprint density at radius 2 is 1.95 bits per heavy atom. The molecule has 0 aliphatic carbocycles. The van der Waals surface area contributed by atoms with Crippen LogP contribution in [0.25, 0.3) is 0 Å².